The highest BCUT2D eigenvalue weighted by Gasteiger charge is 2.42. The number of ether oxygens (including phenoxy) is 1. The molecule has 1 aliphatic rings. The third-order valence-electron chi connectivity index (χ3n) is 3.95. The van der Waals surface area contributed by atoms with E-state index >= 15 is 0 Å². The number of likely N-dealkylation sites (N-methyl/N-ethyl adjacent to an activating group) is 1. The minimum atomic E-state index is -0.713. The van der Waals surface area contributed by atoms with Gasteiger partial charge in [-0.05, 0) is 32.4 Å². The van der Waals surface area contributed by atoms with Crippen molar-refractivity contribution in [1.29, 1.82) is 0 Å². The molecule has 1 rings (SSSR count). The molecule has 0 aliphatic carbocycles. The molecule has 20 heavy (non-hydrogen) atoms. The van der Waals surface area contributed by atoms with Crippen LogP contribution >= 0.6 is 12.2 Å². The lowest BCUT2D eigenvalue weighted by Crippen LogP contribution is -2.52. The monoisotopic (exact) mass is 301 g/mol. The highest BCUT2D eigenvalue weighted by Crippen LogP contribution is 2.31. The third kappa shape index (κ3) is 4.40. The van der Waals surface area contributed by atoms with E-state index in [2.05, 4.69) is 24.1 Å². The molecule has 0 saturated carbocycles. The second kappa shape index (κ2) is 8.54. The van der Waals surface area contributed by atoms with Crippen LogP contribution in [0.15, 0.2) is 0 Å². The number of nitrogens with zero attached hydrogens (tertiary/aromatic N) is 1. The molecule has 6 heteroatoms. The molecule has 0 atom stereocenters. The number of hydrogen-bond acceptors (Lipinski definition) is 4. The van der Waals surface area contributed by atoms with Gasteiger partial charge in [-0.1, -0.05) is 26.1 Å². The number of thiocarbonyl (C=S) groups is 1. The largest absolute Gasteiger partial charge is 0.392 e. The van der Waals surface area contributed by atoms with Crippen LogP contribution in [0.5, 0.6) is 0 Å². The molecule has 0 unspecified atom stereocenters. The van der Waals surface area contributed by atoms with Gasteiger partial charge in [0, 0.05) is 26.3 Å². The molecule has 1 aliphatic heterocycles. The van der Waals surface area contributed by atoms with Crippen LogP contribution in [0, 0.1) is 5.41 Å². The summed E-state index contributed by atoms with van der Waals surface area (Å²) in [6.07, 6.45) is 2.29. The molecule has 0 spiro atoms. The van der Waals surface area contributed by atoms with E-state index in [1.165, 1.54) is 0 Å². The number of rotatable bonds is 8. The van der Waals surface area contributed by atoms with Crippen molar-refractivity contribution in [3.05, 3.63) is 0 Å². The summed E-state index contributed by atoms with van der Waals surface area (Å²) >= 11 is 5.12. The van der Waals surface area contributed by atoms with Crippen LogP contribution in [-0.2, 0) is 9.53 Å². The Balaban J connectivity index is 2.49. The van der Waals surface area contributed by atoms with Crippen molar-refractivity contribution in [3.63, 3.8) is 0 Å². The van der Waals surface area contributed by atoms with Crippen LogP contribution in [0.2, 0.25) is 0 Å². The standard InChI is InChI=1S/C14H27N3O2S/c1-3-8-17(4-2)9-7-16-13(18)14(12(15)20)5-10-19-11-6-14/h3-11H2,1-2H3,(H2,15,20)(H,16,18). The average molecular weight is 301 g/mol. The summed E-state index contributed by atoms with van der Waals surface area (Å²) in [5, 5.41) is 2.99. The highest BCUT2D eigenvalue weighted by atomic mass is 32.1. The Kier molecular flexibility index (Phi) is 7.40. The SMILES string of the molecule is CCCN(CC)CCNC(=O)C1(C(N)=S)CCOCC1. The predicted octanol–water partition coefficient (Wildman–Crippen LogP) is 0.917. The van der Waals surface area contributed by atoms with Gasteiger partial charge in [0.15, 0.2) is 0 Å². The summed E-state index contributed by atoms with van der Waals surface area (Å²) < 4.78 is 5.31. The van der Waals surface area contributed by atoms with Gasteiger partial charge in [-0.2, -0.15) is 0 Å². The molecule has 0 radical (unpaired) electrons. The lowest BCUT2D eigenvalue weighted by Gasteiger charge is -2.34. The number of hydrogen-bond donors (Lipinski definition) is 2. The van der Waals surface area contributed by atoms with Crippen LogP contribution in [-0.4, -0.2) is 55.2 Å². The minimum absolute atomic E-state index is 0.0409. The summed E-state index contributed by atoms with van der Waals surface area (Å²) in [6.45, 7) is 8.93. The van der Waals surface area contributed by atoms with Crippen molar-refractivity contribution in [1.82, 2.24) is 10.2 Å². The number of nitrogens with two attached hydrogens (primary N) is 1. The Bertz CT molecular complexity index is 330. The van der Waals surface area contributed by atoms with E-state index in [0.29, 0.717) is 37.6 Å². The van der Waals surface area contributed by atoms with Crippen LogP contribution < -0.4 is 11.1 Å². The van der Waals surface area contributed by atoms with Gasteiger partial charge in [-0.15, -0.1) is 0 Å². The fourth-order valence-corrected chi connectivity index (χ4v) is 2.84. The molecule has 3 N–H and O–H groups in total. The lowest BCUT2D eigenvalue weighted by molar-refractivity contribution is -0.131. The maximum atomic E-state index is 12.4. The topological polar surface area (TPSA) is 67.6 Å². The smallest absolute Gasteiger partial charge is 0.233 e. The first kappa shape index (κ1) is 17.3. The van der Waals surface area contributed by atoms with Crippen LogP contribution in [0.4, 0.5) is 0 Å². The molecule has 1 fully saturated rings. The van der Waals surface area contributed by atoms with E-state index in [9.17, 15) is 4.79 Å². The molecule has 0 bridgehead atoms. The summed E-state index contributed by atoms with van der Waals surface area (Å²) in [6, 6.07) is 0. The van der Waals surface area contributed by atoms with Crippen molar-refractivity contribution in [2.45, 2.75) is 33.1 Å². The first-order valence-corrected chi connectivity index (χ1v) is 7.86. The zero-order valence-electron chi connectivity index (χ0n) is 12.6. The number of carbonyl (C=O) groups is 1. The Morgan fingerprint density at radius 3 is 2.50 bits per heavy atom. The van der Waals surface area contributed by atoms with Gasteiger partial charge < -0.3 is 20.7 Å². The average Bonchev–Trinajstić information content (AvgIpc) is 2.46. The van der Waals surface area contributed by atoms with Gasteiger partial charge in [0.2, 0.25) is 5.91 Å². The van der Waals surface area contributed by atoms with Crippen LogP contribution in [0.3, 0.4) is 0 Å². The van der Waals surface area contributed by atoms with Crippen LogP contribution in [0.25, 0.3) is 0 Å². The zero-order chi connectivity index (χ0) is 15.0. The summed E-state index contributed by atoms with van der Waals surface area (Å²) in [5.74, 6) is -0.0409. The molecule has 116 valence electrons. The molecule has 0 aromatic heterocycles. The third-order valence-corrected chi connectivity index (χ3v) is 4.34. The second-order valence-electron chi connectivity index (χ2n) is 5.25. The number of carbonyl (C=O) groups excluding carboxylic acids is 1. The molecule has 1 saturated heterocycles. The van der Waals surface area contributed by atoms with Gasteiger partial charge in [-0.25, -0.2) is 0 Å². The van der Waals surface area contributed by atoms with Crippen molar-refractivity contribution in [2.75, 3.05) is 39.4 Å². The van der Waals surface area contributed by atoms with Crippen molar-refractivity contribution >= 4 is 23.1 Å². The number of amides is 1. The summed E-state index contributed by atoms with van der Waals surface area (Å²) in [7, 11) is 0. The normalized spacial score (nSPS) is 17.9. The van der Waals surface area contributed by atoms with Gasteiger partial charge in [0.25, 0.3) is 0 Å². The van der Waals surface area contributed by atoms with Crippen molar-refractivity contribution < 1.29 is 9.53 Å². The molecule has 1 amide bonds. The fourth-order valence-electron chi connectivity index (χ4n) is 2.55. The first-order valence-electron chi connectivity index (χ1n) is 7.45. The Labute approximate surface area is 127 Å². The fraction of sp³-hybridized carbons (Fsp3) is 0.857. The van der Waals surface area contributed by atoms with Crippen LogP contribution in [0.1, 0.15) is 33.1 Å². The summed E-state index contributed by atoms with van der Waals surface area (Å²) in [4.78, 5) is 15.0. The van der Waals surface area contributed by atoms with E-state index in [-0.39, 0.29) is 5.91 Å². The van der Waals surface area contributed by atoms with Gasteiger partial charge in [0.1, 0.15) is 5.41 Å². The van der Waals surface area contributed by atoms with Gasteiger partial charge in [-0.3, -0.25) is 4.79 Å². The first-order chi connectivity index (χ1) is 9.56. The molecule has 1 heterocycles. The second-order valence-corrected chi connectivity index (χ2v) is 5.69. The van der Waals surface area contributed by atoms with E-state index < -0.39 is 5.41 Å². The molecule has 0 aromatic rings. The summed E-state index contributed by atoms with van der Waals surface area (Å²) in [5.41, 5.74) is 5.10. The maximum absolute atomic E-state index is 12.4. The minimum Gasteiger partial charge on any atom is -0.392 e. The Morgan fingerprint density at radius 1 is 1.35 bits per heavy atom. The molecule has 5 nitrogen and oxygen atoms in total. The molecular weight excluding hydrogens is 274 g/mol. The van der Waals surface area contributed by atoms with Gasteiger partial charge >= 0.3 is 0 Å². The van der Waals surface area contributed by atoms with E-state index in [1.54, 1.807) is 0 Å². The zero-order valence-corrected chi connectivity index (χ0v) is 13.4. The van der Waals surface area contributed by atoms with Gasteiger partial charge in [0.05, 0.1) is 4.99 Å². The Morgan fingerprint density at radius 2 is 2.00 bits per heavy atom. The highest BCUT2D eigenvalue weighted by molar-refractivity contribution is 7.80. The maximum Gasteiger partial charge on any atom is 0.233 e. The molecular formula is C14H27N3O2S. The predicted molar refractivity (Wildman–Crippen MR) is 84.7 cm³/mol. The Hall–Kier alpha value is -0.720. The lowest BCUT2D eigenvalue weighted by atomic mass is 9.79. The van der Waals surface area contributed by atoms with E-state index in [0.717, 1.165) is 26.1 Å². The molecule has 0 aromatic carbocycles. The van der Waals surface area contributed by atoms with E-state index in [4.69, 9.17) is 22.7 Å². The number of nitrogens with one attached hydrogen (secondary N) is 1. The van der Waals surface area contributed by atoms with E-state index in [1.807, 2.05) is 0 Å². The van der Waals surface area contributed by atoms with Crippen molar-refractivity contribution in [3.8, 4) is 0 Å². The quantitative estimate of drug-likeness (QED) is 0.653. The van der Waals surface area contributed by atoms with Crippen molar-refractivity contribution in [2.24, 2.45) is 11.1 Å².